The van der Waals surface area contributed by atoms with Crippen LogP contribution in [-0.2, 0) is 14.4 Å². The lowest BCUT2D eigenvalue weighted by atomic mass is 9.96. The van der Waals surface area contributed by atoms with Crippen molar-refractivity contribution < 1.29 is 19.5 Å². The number of rotatable bonds is 6. The Labute approximate surface area is 124 Å². The molecule has 1 aliphatic heterocycles. The van der Waals surface area contributed by atoms with Crippen LogP contribution in [0.25, 0.3) is 0 Å². The Bertz CT molecular complexity index is 431. The van der Waals surface area contributed by atoms with E-state index in [0.29, 0.717) is 13.0 Å². The van der Waals surface area contributed by atoms with Gasteiger partial charge in [-0.15, -0.1) is 0 Å². The lowest BCUT2D eigenvalue weighted by molar-refractivity contribution is -0.144. The maximum atomic E-state index is 12.3. The van der Waals surface area contributed by atoms with E-state index < -0.39 is 17.9 Å². The van der Waals surface area contributed by atoms with Crippen molar-refractivity contribution in [2.24, 2.45) is 17.8 Å². The van der Waals surface area contributed by atoms with Gasteiger partial charge in [0.25, 0.3) is 0 Å². The highest BCUT2D eigenvalue weighted by Crippen LogP contribution is 2.33. The predicted octanol–water partition coefficient (Wildman–Crippen LogP) is 0.860. The summed E-state index contributed by atoms with van der Waals surface area (Å²) in [5, 5.41) is 11.8. The Balaban J connectivity index is 1.89. The molecule has 0 aromatic rings. The fraction of sp³-hybridized carbons (Fsp3) is 0.800. The molecule has 0 bridgehead atoms. The predicted molar refractivity (Wildman–Crippen MR) is 76.4 cm³/mol. The van der Waals surface area contributed by atoms with Crippen LogP contribution in [-0.4, -0.2) is 46.9 Å². The Kier molecular flexibility index (Phi) is 4.85. The quantitative estimate of drug-likeness (QED) is 0.761. The first-order chi connectivity index (χ1) is 9.91. The summed E-state index contributed by atoms with van der Waals surface area (Å²) < 4.78 is 0. The van der Waals surface area contributed by atoms with Crippen LogP contribution in [0, 0.1) is 17.8 Å². The van der Waals surface area contributed by atoms with Crippen LogP contribution in [0.1, 0.15) is 39.5 Å². The van der Waals surface area contributed by atoms with Gasteiger partial charge in [0.2, 0.25) is 11.8 Å². The number of nitrogens with zero attached hydrogens (tertiary/aromatic N) is 1. The summed E-state index contributed by atoms with van der Waals surface area (Å²) in [5.74, 6) is -1.55. The van der Waals surface area contributed by atoms with Crippen LogP contribution in [0.4, 0.5) is 0 Å². The third-order valence-corrected chi connectivity index (χ3v) is 4.38. The summed E-state index contributed by atoms with van der Waals surface area (Å²) in [6.45, 7) is 4.40. The van der Waals surface area contributed by atoms with Crippen molar-refractivity contribution in [2.45, 2.75) is 45.6 Å². The first kappa shape index (κ1) is 15.8. The van der Waals surface area contributed by atoms with Crippen LogP contribution >= 0.6 is 0 Å². The summed E-state index contributed by atoms with van der Waals surface area (Å²) in [4.78, 5) is 37.2. The van der Waals surface area contributed by atoms with Gasteiger partial charge < -0.3 is 15.3 Å². The summed E-state index contributed by atoms with van der Waals surface area (Å²) in [6, 6.07) is -0.417. The van der Waals surface area contributed by atoms with Crippen molar-refractivity contribution in [3.63, 3.8) is 0 Å². The SMILES string of the molecule is CC(C)C(CNC(=O)C1CCCN1C(=O)C1CC1)C(=O)O. The molecule has 118 valence electrons. The Morgan fingerprint density at radius 1 is 1.24 bits per heavy atom. The number of amides is 2. The molecule has 1 saturated carbocycles. The van der Waals surface area contributed by atoms with E-state index in [0.717, 1.165) is 19.3 Å². The first-order valence-electron chi connectivity index (χ1n) is 7.72. The summed E-state index contributed by atoms with van der Waals surface area (Å²) in [7, 11) is 0. The minimum atomic E-state index is -0.900. The average Bonchev–Trinajstić information content (AvgIpc) is 3.14. The van der Waals surface area contributed by atoms with E-state index in [1.165, 1.54) is 0 Å². The molecule has 0 aromatic heterocycles. The molecular formula is C15H24N2O4. The van der Waals surface area contributed by atoms with E-state index in [-0.39, 0.29) is 30.2 Å². The minimum Gasteiger partial charge on any atom is -0.481 e. The van der Waals surface area contributed by atoms with Crippen molar-refractivity contribution in [1.82, 2.24) is 10.2 Å². The van der Waals surface area contributed by atoms with Gasteiger partial charge in [0.1, 0.15) is 6.04 Å². The molecule has 2 unspecified atom stereocenters. The minimum absolute atomic E-state index is 0.0458. The van der Waals surface area contributed by atoms with Crippen molar-refractivity contribution in [3.8, 4) is 0 Å². The topological polar surface area (TPSA) is 86.7 Å². The number of aliphatic carboxylic acids is 1. The zero-order valence-electron chi connectivity index (χ0n) is 12.7. The van der Waals surface area contributed by atoms with Crippen molar-refractivity contribution in [1.29, 1.82) is 0 Å². The molecule has 0 spiro atoms. The van der Waals surface area contributed by atoms with Gasteiger partial charge in [0, 0.05) is 19.0 Å². The molecule has 2 amide bonds. The zero-order chi connectivity index (χ0) is 15.6. The maximum absolute atomic E-state index is 12.3. The molecule has 1 aliphatic carbocycles. The lowest BCUT2D eigenvalue weighted by Crippen LogP contribution is -2.48. The molecule has 1 heterocycles. The molecule has 2 atom stereocenters. The van der Waals surface area contributed by atoms with E-state index >= 15 is 0 Å². The molecule has 21 heavy (non-hydrogen) atoms. The molecule has 2 aliphatic rings. The van der Waals surface area contributed by atoms with E-state index in [1.807, 2.05) is 13.8 Å². The summed E-state index contributed by atoms with van der Waals surface area (Å²) in [6.07, 6.45) is 3.36. The Hall–Kier alpha value is -1.59. The molecule has 1 saturated heterocycles. The molecular weight excluding hydrogens is 272 g/mol. The highest BCUT2D eigenvalue weighted by molar-refractivity contribution is 5.90. The Morgan fingerprint density at radius 2 is 1.90 bits per heavy atom. The third kappa shape index (κ3) is 3.74. The third-order valence-electron chi connectivity index (χ3n) is 4.38. The van der Waals surface area contributed by atoms with Gasteiger partial charge in [-0.1, -0.05) is 13.8 Å². The number of likely N-dealkylation sites (tertiary alicyclic amines) is 1. The number of carboxylic acid groups (broad SMARTS) is 1. The fourth-order valence-corrected chi connectivity index (χ4v) is 2.80. The molecule has 2 N–H and O–H groups in total. The summed E-state index contributed by atoms with van der Waals surface area (Å²) in [5.41, 5.74) is 0. The molecule has 0 aromatic carbocycles. The lowest BCUT2D eigenvalue weighted by Gasteiger charge is -2.25. The number of hydrogen-bond donors (Lipinski definition) is 2. The van der Waals surface area contributed by atoms with E-state index in [1.54, 1.807) is 4.90 Å². The second-order valence-electron chi connectivity index (χ2n) is 6.40. The molecule has 0 radical (unpaired) electrons. The van der Waals surface area contributed by atoms with Gasteiger partial charge in [0.15, 0.2) is 0 Å². The standard InChI is InChI=1S/C15H24N2O4/c1-9(2)11(15(20)21)8-16-13(18)12-4-3-7-17(12)14(19)10-5-6-10/h9-12H,3-8H2,1-2H3,(H,16,18)(H,20,21). The largest absolute Gasteiger partial charge is 0.481 e. The van der Waals surface area contributed by atoms with E-state index in [2.05, 4.69) is 5.32 Å². The second-order valence-corrected chi connectivity index (χ2v) is 6.40. The Morgan fingerprint density at radius 3 is 2.43 bits per heavy atom. The zero-order valence-corrected chi connectivity index (χ0v) is 12.7. The number of carbonyl (C=O) groups excluding carboxylic acids is 2. The number of carboxylic acids is 1. The monoisotopic (exact) mass is 296 g/mol. The van der Waals surface area contributed by atoms with Gasteiger partial charge in [-0.25, -0.2) is 0 Å². The first-order valence-corrected chi connectivity index (χ1v) is 7.72. The fourth-order valence-electron chi connectivity index (χ4n) is 2.80. The molecule has 2 rings (SSSR count). The van der Waals surface area contributed by atoms with E-state index in [9.17, 15) is 14.4 Å². The van der Waals surface area contributed by atoms with Crippen LogP contribution in [0.5, 0.6) is 0 Å². The number of carbonyl (C=O) groups is 3. The normalized spacial score (nSPS) is 23.2. The number of nitrogens with one attached hydrogen (secondary N) is 1. The van der Waals surface area contributed by atoms with Crippen molar-refractivity contribution in [2.75, 3.05) is 13.1 Å². The van der Waals surface area contributed by atoms with Crippen LogP contribution in [0.15, 0.2) is 0 Å². The summed E-state index contributed by atoms with van der Waals surface area (Å²) >= 11 is 0. The van der Waals surface area contributed by atoms with Gasteiger partial charge in [0.05, 0.1) is 5.92 Å². The van der Waals surface area contributed by atoms with Gasteiger partial charge >= 0.3 is 5.97 Å². The molecule has 6 nitrogen and oxygen atoms in total. The smallest absolute Gasteiger partial charge is 0.308 e. The van der Waals surface area contributed by atoms with Gasteiger partial charge in [-0.3, -0.25) is 14.4 Å². The highest BCUT2D eigenvalue weighted by Gasteiger charge is 2.41. The highest BCUT2D eigenvalue weighted by atomic mass is 16.4. The molecule has 2 fully saturated rings. The maximum Gasteiger partial charge on any atom is 0.308 e. The van der Waals surface area contributed by atoms with Crippen LogP contribution < -0.4 is 5.32 Å². The van der Waals surface area contributed by atoms with Gasteiger partial charge in [-0.2, -0.15) is 0 Å². The van der Waals surface area contributed by atoms with Crippen LogP contribution in [0.3, 0.4) is 0 Å². The second kappa shape index (κ2) is 6.45. The van der Waals surface area contributed by atoms with Crippen molar-refractivity contribution >= 4 is 17.8 Å². The average molecular weight is 296 g/mol. The number of hydrogen-bond acceptors (Lipinski definition) is 3. The van der Waals surface area contributed by atoms with E-state index in [4.69, 9.17) is 5.11 Å². The van der Waals surface area contributed by atoms with Crippen LogP contribution in [0.2, 0.25) is 0 Å². The molecule has 6 heteroatoms. The van der Waals surface area contributed by atoms with Gasteiger partial charge in [-0.05, 0) is 31.6 Å². The van der Waals surface area contributed by atoms with Crippen molar-refractivity contribution in [3.05, 3.63) is 0 Å².